The van der Waals surface area contributed by atoms with Gasteiger partial charge in [-0.3, -0.25) is 10.00 Å². The smallest absolute Gasteiger partial charge is 0.153 e. The Morgan fingerprint density at radius 2 is 2.29 bits per heavy atom. The summed E-state index contributed by atoms with van der Waals surface area (Å²) in [7, 11) is 0. The molecule has 0 amide bonds. The van der Waals surface area contributed by atoms with E-state index in [4.69, 9.17) is 5.11 Å². The van der Waals surface area contributed by atoms with Gasteiger partial charge in [-0.2, -0.15) is 5.10 Å². The lowest BCUT2D eigenvalue weighted by Gasteiger charge is -2.33. The lowest BCUT2D eigenvalue weighted by atomic mass is 10.0. The van der Waals surface area contributed by atoms with Crippen LogP contribution in [0.5, 0.6) is 0 Å². The molecule has 0 saturated carbocycles. The summed E-state index contributed by atoms with van der Waals surface area (Å²) >= 11 is 0. The van der Waals surface area contributed by atoms with Gasteiger partial charge >= 0.3 is 0 Å². The summed E-state index contributed by atoms with van der Waals surface area (Å²) < 4.78 is 0. The molecule has 2 heterocycles. The quantitative estimate of drug-likeness (QED) is 0.833. The molecular weight excluding hydrogens is 216 g/mol. The molecule has 1 atom stereocenters. The molecule has 0 aliphatic carbocycles. The summed E-state index contributed by atoms with van der Waals surface area (Å²) in [6.45, 7) is 6.17. The summed E-state index contributed by atoms with van der Waals surface area (Å²) in [5.41, 5.74) is 0. The molecule has 1 aromatic rings. The maximum absolute atomic E-state index is 9.09. The van der Waals surface area contributed by atoms with Crippen molar-refractivity contribution in [3.63, 3.8) is 0 Å². The van der Waals surface area contributed by atoms with Crippen LogP contribution in [0.4, 0.5) is 0 Å². The van der Waals surface area contributed by atoms with E-state index < -0.39 is 0 Å². The largest absolute Gasteiger partial charge is 0.395 e. The van der Waals surface area contributed by atoms with Crippen LogP contribution < -0.4 is 0 Å². The lowest BCUT2D eigenvalue weighted by Crippen LogP contribution is -2.36. The molecule has 1 aromatic heterocycles. The highest BCUT2D eigenvalue weighted by Crippen LogP contribution is 2.28. The van der Waals surface area contributed by atoms with E-state index in [0.717, 1.165) is 31.2 Å². The molecular formula is C12H22N4O. The van der Waals surface area contributed by atoms with Crippen LogP contribution in [0.1, 0.15) is 56.7 Å². The van der Waals surface area contributed by atoms with Crippen LogP contribution in [0, 0.1) is 0 Å². The van der Waals surface area contributed by atoms with Crippen LogP contribution in [0.15, 0.2) is 0 Å². The van der Waals surface area contributed by atoms with E-state index in [1.54, 1.807) is 0 Å². The highest BCUT2D eigenvalue weighted by Gasteiger charge is 2.26. The molecule has 2 rings (SSSR count). The maximum Gasteiger partial charge on any atom is 0.153 e. The second kappa shape index (κ2) is 5.60. The van der Waals surface area contributed by atoms with Gasteiger partial charge in [0, 0.05) is 12.5 Å². The van der Waals surface area contributed by atoms with Crippen molar-refractivity contribution in [3.8, 4) is 0 Å². The van der Waals surface area contributed by atoms with Crippen molar-refractivity contribution in [3.05, 3.63) is 11.6 Å². The number of aliphatic hydroxyl groups is 1. The second-order valence-electron chi connectivity index (χ2n) is 5.00. The minimum Gasteiger partial charge on any atom is -0.395 e. The van der Waals surface area contributed by atoms with Crippen molar-refractivity contribution in [1.29, 1.82) is 0 Å². The topological polar surface area (TPSA) is 65.0 Å². The van der Waals surface area contributed by atoms with E-state index >= 15 is 0 Å². The number of nitrogens with one attached hydrogen (secondary N) is 1. The summed E-state index contributed by atoms with van der Waals surface area (Å²) in [6, 6.07) is 0.302. The minimum atomic E-state index is 0.210. The monoisotopic (exact) mass is 238 g/mol. The maximum atomic E-state index is 9.09. The van der Waals surface area contributed by atoms with Gasteiger partial charge in [0.25, 0.3) is 0 Å². The summed E-state index contributed by atoms with van der Waals surface area (Å²) in [5, 5.41) is 16.4. The molecule has 1 unspecified atom stereocenters. The van der Waals surface area contributed by atoms with Crippen LogP contribution in [0.25, 0.3) is 0 Å². The molecule has 5 heteroatoms. The van der Waals surface area contributed by atoms with Crippen LogP contribution >= 0.6 is 0 Å². The van der Waals surface area contributed by atoms with Gasteiger partial charge in [-0.15, -0.1) is 0 Å². The van der Waals surface area contributed by atoms with Crippen LogP contribution in [-0.2, 0) is 0 Å². The van der Waals surface area contributed by atoms with Crippen molar-refractivity contribution in [2.75, 3.05) is 19.7 Å². The Labute approximate surface area is 102 Å². The number of β-amino-alcohol motifs (C(OH)–C–C–N with tert-alkyl or cyclic N) is 1. The zero-order valence-electron chi connectivity index (χ0n) is 10.7. The van der Waals surface area contributed by atoms with E-state index in [-0.39, 0.29) is 6.61 Å². The summed E-state index contributed by atoms with van der Waals surface area (Å²) in [6.07, 6.45) is 3.54. The van der Waals surface area contributed by atoms with E-state index in [2.05, 4.69) is 33.9 Å². The molecule has 0 radical (unpaired) electrons. The average molecular weight is 238 g/mol. The Bertz CT molecular complexity index is 348. The predicted octanol–water partition coefficient (Wildman–Crippen LogP) is 1.45. The zero-order chi connectivity index (χ0) is 12.3. The van der Waals surface area contributed by atoms with E-state index in [9.17, 15) is 0 Å². The first-order chi connectivity index (χ1) is 8.22. The fraction of sp³-hybridized carbons (Fsp3) is 0.833. The third-order valence-electron chi connectivity index (χ3n) is 3.35. The first kappa shape index (κ1) is 12.5. The van der Waals surface area contributed by atoms with Crippen LogP contribution in [-0.4, -0.2) is 44.9 Å². The highest BCUT2D eigenvalue weighted by molar-refractivity contribution is 5.01. The molecule has 1 aliphatic rings. The Kier molecular flexibility index (Phi) is 4.12. The fourth-order valence-electron chi connectivity index (χ4n) is 2.39. The second-order valence-corrected chi connectivity index (χ2v) is 5.00. The zero-order valence-corrected chi connectivity index (χ0v) is 10.7. The number of hydrogen-bond acceptors (Lipinski definition) is 4. The van der Waals surface area contributed by atoms with Crippen molar-refractivity contribution < 1.29 is 5.11 Å². The van der Waals surface area contributed by atoms with Gasteiger partial charge in [0.15, 0.2) is 5.82 Å². The Balaban J connectivity index is 2.11. The normalized spacial score (nSPS) is 22.2. The first-order valence-electron chi connectivity index (χ1n) is 6.49. The third-order valence-corrected chi connectivity index (χ3v) is 3.35. The van der Waals surface area contributed by atoms with Gasteiger partial charge in [-0.1, -0.05) is 20.3 Å². The van der Waals surface area contributed by atoms with Gasteiger partial charge in [0.1, 0.15) is 5.82 Å². The fourth-order valence-corrected chi connectivity index (χ4v) is 2.39. The number of aromatic nitrogens is 3. The van der Waals surface area contributed by atoms with Gasteiger partial charge in [-0.25, -0.2) is 4.98 Å². The third kappa shape index (κ3) is 2.84. The number of hydrogen-bond donors (Lipinski definition) is 2. The SMILES string of the molecule is CC(C)c1n[nH]c(C2CCCCN2CCO)n1. The number of piperidine rings is 1. The average Bonchev–Trinajstić information content (AvgIpc) is 2.79. The number of aliphatic hydroxyl groups excluding tert-OH is 1. The molecule has 1 saturated heterocycles. The van der Waals surface area contributed by atoms with E-state index in [0.29, 0.717) is 12.0 Å². The summed E-state index contributed by atoms with van der Waals surface area (Å²) in [4.78, 5) is 6.88. The molecule has 17 heavy (non-hydrogen) atoms. The van der Waals surface area contributed by atoms with Crippen molar-refractivity contribution in [2.24, 2.45) is 0 Å². The van der Waals surface area contributed by atoms with Crippen molar-refractivity contribution >= 4 is 0 Å². The first-order valence-corrected chi connectivity index (χ1v) is 6.49. The molecule has 0 spiro atoms. The molecule has 2 N–H and O–H groups in total. The molecule has 96 valence electrons. The Morgan fingerprint density at radius 1 is 1.47 bits per heavy atom. The molecule has 0 bridgehead atoms. The Hall–Kier alpha value is -0.940. The van der Waals surface area contributed by atoms with Gasteiger partial charge in [0.2, 0.25) is 0 Å². The minimum absolute atomic E-state index is 0.210. The number of likely N-dealkylation sites (tertiary alicyclic amines) is 1. The molecule has 5 nitrogen and oxygen atoms in total. The lowest BCUT2D eigenvalue weighted by molar-refractivity contribution is 0.112. The van der Waals surface area contributed by atoms with Crippen molar-refractivity contribution in [2.45, 2.75) is 45.1 Å². The van der Waals surface area contributed by atoms with E-state index in [1.165, 1.54) is 12.8 Å². The molecule has 1 aliphatic heterocycles. The number of aromatic amines is 1. The Morgan fingerprint density at radius 3 is 2.94 bits per heavy atom. The highest BCUT2D eigenvalue weighted by atomic mass is 16.3. The van der Waals surface area contributed by atoms with E-state index in [1.807, 2.05) is 0 Å². The number of nitrogens with zero attached hydrogens (tertiary/aromatic N) is 3. The predicted molar refractivity (Wildman–Crippen MR) is 65.7 cm³/mol. The van der Waals surface area contributed by atoms with Crippen LogP contribution in [0.2, 0.25) is 0 Å². The molecule has 1 fully saturated rings. The van der Waals surface area contributed by atoms with Gasteiger partial charge in [0.05, 0.1) is 12.6 Å². The van der Waals surface area contributed by atoms with Crippen molar-refractivity contribution in [1.82, 2.24) is 20.1 Å². The summed E-state index contributed by atoms with van der Waals surface area (Å²) in [5.74, 6) is 2.20. The number of rotatable bonds is 4. The van der Waals surface area contributed by atoms with Crippen LogP contribution in [0.3, 0.4) is 0 Å². The van der Waals surface area contributed by atoms with Gasteiger partial charge in [-0.05, 0) is 19.4 Å². The standard InChI is InChI=1S/C12H22N4O/c1-9(2)11-13-12(15-14-11)10-5-3-4-6-16(10)7-8-17/h9-10,17H,3-8H2,1-2H3,(H,13,14,15). The molecule has 0 aromatic carbocycles. The van der Waals surface area contributed by atoms with Gasteiger partial charge < -0.3 is 5.11 Å². The number of H-pyrrole nitrogens is 1.